The van der Waals surface area contributed by atoms with Gasteiger partial charge in [-0.2, -0.15) is 0 Å². The molecule has 0 aromatic carbocycles. The number of aliphatic hydroxyl groups is 3. The monoisotopic (exact) mass is 446 g/mol. The molecule has 3 N–H and O–H groups in total. The Morgan fingerprint density at radius 3 is 2.56 bits per heavy atom. The largest absolute Gasteiger partial charge is 0.462 e. The molecule has 2 aliphatic carbocycles. The molecule has 0 amide bonds. The van der Waals surface area contributed by atoms with Crippen LogP contribution >= 0.6 is 0 Å². The lowest BCUT2D eigenvalue weighted by Crippen LogP contribution is -2.49. The molecule has 0 bridgehead atoms. The Kier molecular flexibility index (Phi) is 9.19. The number of rotatable bonds is 8. The van der Waals surface area contributed by atoms with Crippen LogP contribution in [0, 0.1) is 17.3 Å². The van der Waals surface area contributed by atoms with Gasteiger partial charge >= 0.3 is 5.97 Å². The number of ether oxygens (including phenoxy) is 1. The molecule has 2 rings (SSSR count). The summed E-state index contributed by atoms with van der Waals surface area (Å²) in [6.07, 6.45) is 8.67. The highest BCUT2D eigenvalue weighted by molar-refractivity contribution is 6.06. The summed E-state index contributed by atoms with van der Waals surface area (Å²) >= 11 is 0. The molecule has 178 valence electrons. The van der Waals surface area contributed by atoms with Gasteiger partial charge in [-0.15, -0.1) is 0 Å². The summed E-state index contributed by atoms with van der Waals surface area (Å²) in [5.41, 5.74) is 1.99. The fourth-order valence-corrected chi connectivity index (χ4v) is 4.56. The van der Waals surface area contributed by atoms with Gasteiger partial charge in [0.15, 0.2) is 5.78 Å². The van der Waals surface area contributed by atoms with Gasteiger partial charge in [0.2, 0.25) is 0 Å². The van der Waals surface area contributed by atoms with Crippen LogP contribution in [-0.4, -0.2) is 52.0 Å². The van der Waals surface area contributed by atoms with Crippen LogP contribution in [0.3, 0.4) is 0 Å². The van der Waals surface area contributed by atoms with Gasteiger partial charge in [-0.25, -0.2) is 0 Å². The summed E-state index contributed by atoms with van der Waals surface area (Å²) in [5, 5.41) is 29.9. The number of fused-ring (bicyclic) bond motifs is 1. The van der Waals surface area contributed by atoms with Gasteiger partial charge in [0, 0.05) is 11.3 Å². The van der Waals surface area contributed by atoms with Crippen LogP contribution in [-0.2, 0) is 14.3 Å². The highest BCUT2D eigenvalue weighted by Crippen LogP contribution is 2.52. The summed E-state index contributed by atoms with van der Waals surface area (Å²) < 4.78 is 5.82. The third kappa shape index (κ3) is 5.85. The Morgan fingerprint density at radius 1 is 1.28 bits per heavy atom. The first-order valence-electron chi connectivity index (χ1n) is 11.5. The summed E-state index contributed by atoms with van der Waals surface area (Å²) in [7, 11) is 0. The van der Waals surface area contributed by atoms with E-state index in [2.05, 4.69) is 0 Å². The van der Waals surface area contributed by atoms with Crippen molar-refractivity contribution in [3.63, 3.8) is 0 Å². The maximum absolute atomic E-state index is 12.7. The first-order chi connectivity index (χ1) is 15.0. The van der Waals surface area contributed by atoms with Crippen LogP contribution in [0.1, 0.15) is 60.3 Å². The van der Waals surface area contributed by atoms with E-state index in [0.29, 0.717) is 25.7 Å². The second-order valence-electron chi connectivity index (χ2n) is 9.48. The fraction of sp³-hybridized carbons (Fsp3) is 0.615. The van der Waals surface area contributed by atoms with Crippen LogP contribution < -0.4 is 0 Å². The molecule has 0 heterocycles. The van der Waals surface area contributed by atoms with Crippen LogP contribution in [0.5, 0.6) is 0 Å². The molecule has 6 heteroatoms. The molecule has 0 unspecified atom stereocenters. The smallest absolute Gasteiger partial charge is 0.311 e. The van der Waals surface area contributed by atoms with E-state index in [4.69, 9.17) is 4.74 Å². The van der Waals surface area contributed by atoms with Gasteiger partial charge < -0.3 is 20.1 Å². The first kappa shape index (κ1) is 26.2. The fourth-order valence-electron chi connectivity index (χ4n) is 4.56. The standard InChI is InChI=1S/C26H38O6/c1-16(2)21-14-26(15-27)19(5)24(12-11-20(26)13-23(21)30)32-25(31)18(4)22(29)10-8-6-7-9-17(3)28/h6-8,10,13,17-19,22,24,27-29H,9,11-12,14-15H2,1-5H3/b7-6+,10-8+/t17-,18+,19+,22+,24-,26+/m1/s1. The van der Waals surface area contributed by atoms with Crippen molar-refractivity contribution in [1.82, 2.24) is 0 Å². The zero-order valence-electron chi connectivity index (χ0n) is 19.9. The number of allylic oxidation sites excluding steroid dienone is 5. The molecule has 0 aromatic rings. The third-order valence-electron chi connectivity index (χ3n) is 6.93. The summed E-state index contributed by atoms with van der Waals surface area (Å²) in [5.74, 6) is -1.38. The van der Waals surface area contributed by atoms with E-state index in [0.717, 1.165) is 16.7 Å². The van der Waals surface area contributed by atoms with Gasteiger partial charge in [-0.3, -0.25) is 9.59 Å². The van der Waals surface area contributed by atoms with E-state index in [1.165, 1.54) is 6.08 Å². The van der Waals surface area contributed by atoms with Crippen LogP contribution in [0.15, 0.2) is 47.1 Å². The van der Waals surface area contributed by atoms with Crippen LogP contribution in [0.2, 0.25) is 0 Å². The summed E-state index contributed by atoms with van der Waals surface area (Å²) in [6.45, 7) is 8.97. The Bertz CT molecular complexity index is 814. The lowest BCUT2D eigenvalue weighted by Gasteiger charge is -2.49. The Balaban J connectivity index is 2.09. The highest BCUT2D eigenvalue weighted by Gasteiger charge is 2.50. The second-order valence-corrected chi connectivity index (χ2v) is 9.48. The molecule has 0 radical (unpaired) electrons. The van der Waals surface area contributed by atoms with Crippen molar-refractivity contribution in [2.24, 2.45) is 17.3 Å². The van der Waals surface area contributed by atoms with Crippen molar-refractivity contribution in [1.29, 1.82) is 0 Å². The third-order valence-corrected chi connectivity index (χ3v) is 6.93. The van der Waals surface area contributed by atoms with E-state index < -0.39 is 35.6 Å². The van der Waals surface area contributed by atoms with Crippen molar-refractivity contribution in [3.05, 3.63) is 47.1 Å². The quantitative estimate of drug-likeness (QED) is 0.300. The Hall–Kier alpha value is -2.02. The van der Waals surface area contributed by atoms with Gasteiger partial charge in [0.05, 0.1) is 24.7 Å². The molecule has 1 fully saturated rings. The summed E-state index contributed by atoms with van der Waals surface area (Å²) in [6, 6.07) is 0. The van der Waals surface area contributed by atoms with Gasteiger partial charge in [0.25, 0.3) is 0 Å². The lowest BCUT2D eigenvalue weighted by atomic mass is 9.57. The molecular weight excluding hydrogens is 408 g/mol. The lowest BCUT2D eigenvalue weighted by molar-refractivity contribution is -0.164. The number of hydrogen-bond acceptors (Lipinski definition) is 6. The molecule has 32 heavy (non-hydrogen) atoms. The highest BCUT2D eigenvalue weighted by atomic mass is 16.5. The van der Waals surface area contributed by atoms with E-state index in [1.807, 2.05) is 20.8 Å². The molecule has 2 aliphatic rings. The van der Waals surface area contributed by atoms with E-state index in [1.54, 1.807) is 38.2 Å². The molecule has 0 spiro atoms. The van der Waals surface area contributed by atoms with Crippen molar-refractivity contribution >= 4 is 11.8 Å². The maximum Gasteiger partial charge on any atom is 0.311 e. The predicted molar refractivity (Wildman–Crippen MR) is 124 cm³/mol. The number of aliphatic hydroxyl groups excluding tert-OH is 3. The molecule has 1 saturated carbocycles. The Morgan fingerprint density at radius 2 is 1.97 bits per heavy atom. The molecule has 0 aliphatic heterocycles. The first-order valence-corrected chi connectivity index (χ1v) is 11.5. The van der Waals surface area contributed by atoms with Crippen molar-refractivity contribution in [2.45, 2.75) is 78.6 Å². The Labute approximate surface area is 191 Å². The van der Waals surface area contributed by atoms with Crippen LogP contribution in [0.25, 0.3) is 0 Å². The summed E-state index contributed by atoms with van der Waals surface area (Å²) in [4.78, 5) is 25.2. The van der Waals surface area contributed by atoms with Crippen molar-refractivity contribution in [2.75, 3.05) is 6.61 Å². The molecule has 6 nitrogen and oxygen atoms in total. The average molecular weight is 447 g/mol. The minimum atomic E-state index is -0.996. The normalized spacial score (nSPS) is 28.9. The van der Waals surface area contributed by atoms with Gasteiger partial charge in [-0.05, 0) is 65.0 Å². The van der Waals surface area contributed by atoms with Gasteiger partial charge in [0.1, 0.15) is 6.10 Å². The van der Waals surface area contributed by atoms with Gasteiger partial charge in [-0.1, -0.05) is 42.4 Å². The molecule has 0 aromatic heterocycles. The van der Waals surface area contributed by atoms with Crippen molar-refractivity contribution in [3.8, 4) is 0 Å². The molecule has 0 saturated heterocycles. The topological polar surface area (TPSA) is 104 Å². The zero-order chi connectivity index (χ0) is 24.1. The average Bonchev–Trinajstić information content (AvgIpc) is 2.74. The number of carbonyl (C=O) groups is 2. The number of hydrogen-bond donors (Lipinski definition) is 3. The zero-order valence-corrected chi connectivity index (χ0v) is 19.9. The minimum absolute atomic E-state index is 0.0118. The predicted octanol–water partition coefficient (Wildman–Crippen LogP) is 3.42. The maximum atomic E-state index is 12.7. The van der Waals surface area contributed by atoms with Crippen molar-refractivity contribution < 1.29 is 29.6 Å². The number of ketones is 1. The van der Waals surface area contributed by atoms with Crippen LogP contribution in [0.4, 0.5) is 0 Å². The molecular formula is C26H38O6. The molecule has 6 atom stereocenters. The second kappa shape index (κ2) is 11.2. The number of esters is 1. The van der Waals surface area contributed by atoms with E-state index in [-0.39, 0.29) is 18.3 Å². The number of carbonyl (C=O) groups excluding carboxylic acids is 2. The minimum Gasteiger partial charge on any atom is -0.462 e. The van der Waals surface area contributed by atoms with E-state index in [9.17, 15) is 24.9 Å². The van der Waals surface area contributed by atoms with E-state index >= 15 is 0 Å². The SMILES string of the molecule is CC(C)=C1C[C@@]2(CO)C(=CC1=O)CC[C@@H](OC(=O)[C@@H](C)[C@@H](O)/C=C/C=C/C[C@@H](C)O)[C@@H]2C.